The Bertz CT molecular complexity index is 889. The minimum Gasteiger partial charge on any atom is -0.465 e. The Hall–Kier alpha value is -1.87. The van der Waals surface area contributed by atoms with Gasteiger partial charge in [0.25, 0.3) is 0 Å². The molecule has 0 saturated carbocycles. The van der Waals surface area contributed by atoms with Crippen LogP contribution in [-0.2, 0) is 11.3 Å². The summed E-state index contributed by atoms with van der Waals surface area (Å²) in [6.07, 6.45) is 1.97. The first kappa shape index (κ1) is 17.9. The van der Waals surface area contributed by atoms with Crippen LogP contribution >= 0.6 is 34.4 Å². The molecule has 2 N–H and O–H groups in total. The number of hydrogen-bond donors (Lipinski definition) is 2. The number of aliphatic hydroxyl groups is 1. The number of thiophene rings is 1. The minimum absolute atomic E-state index is 0.000924. The van der Waals surface area contributed by atoms with Gasteiger partial charge in [-0.1, -0.05) is 12.1 Å². The summed E-state index contributed by atoms with van der Waals surface area (Å²) < 4.78 is 5.83. The number of esters is 1. The summed E-state index contributed by atoms with van der Waals surface area (Å²) >= 11 is 4.48. The van der Waals surface area contributed by atoms with E-state index < -0.39 is 0 Å². The van der Waals surface area contributed by atoms with Crippen LogP contribution in [-0.4, -0.2) is 29.4 Å². The first-order valence-electron chi connectivity index (χ1n) is 7.33. The van der Waals surface area contributed by atoms with Crippen LogP contribution in [0.15, 0.2) is 39.9 Å². The number of rotatable bonds is 6. The number of carbonyl (C=O) groups is 1. The third-order valence-corrected chi connectivity index (χ3v) is 6.42. The van der Waals surface area contributed by atoms with Crippen molar-refractivity contribution in [3.8, 4) is 11.3 Å². The number of ether oxygens (including phenoxy) is 1. The van der Waals surface area contributed by atoms with Gasteiger partial charge in [0, 0.05) is 16.6 Å². The number of anilines is 2. The predicted molar refractivity (Wildman–Crippen MR) is 104 cm³/mol. The lowest BCUT2D eigenvalue weighted by Gasteiger charge is -2.04. The fraction of sp³-hybridized carbons (Fsp3) is 0.176. The van der Waals surface area contributed by atoms with Crippen LogP contribution in [0, 0.1) is 0 Å². The molecule has 0 aliphatic carbocycles. The molecule has 3 aromatic rings. The molecule has 2 heterocycles. The highest BCUT2D eigenvalue weighted by atomic mass is 32.2. The van der Waals surface area contributed by atoms with E-state index >= 15 is 0 Å². The van der Waals surface area contributed by atoms with Gasteiger partial charge in [-0.3, -0.25) is 0 Å². The fourth-order valence-electron chi connectivity index (χ4n) is 2.23. The molecule has 8 heteroatoms. The highest BCUT2D eigenvalue weighted by Gasteiger charge is 2.18. The molecule has 25 heavy (non-hydrogen) atoms. The average Bonchev–Trinajstić information content (AvgIpc) is 3.27. The molecular weight excluding hydrogens is 376 g/mol. The second-order valence-corrected chi connectivity index (χ2v) is 8.01. The number of nitrogens with zero attached hydrogens (tertiary/aromatic N) is 1. The topological polar surface area (TPSA) is 71.5 Å². The Morgan fingerprint density at radius 1 is 1.40 bits per heavy atom. The molecule has 0 unspecified atom stereocenters. The van der Waals surface area contributed by atoms with Crippen molar-refractivity contribution in [2.45, 2.75) is 10.8 Å². The molecule has 0 saturated heterocycles. The molecule has 5 nitrogen and oxygen atoms in total. The largest absolute Gasteiger partial charge is 0.465 e. The molecule has 0 atom stereocenters. The molecular formula is C17H16N2O3S3. The van der Waals surface area contributed by atoms with Gasteiger partial charge in [-0.15, -0.1) is 34.4 Å². The lowest BCUT2D eigenvalue weighted by Crippen LogP contribution is -1.96. The molecule has 1 aromatic carbocycles. The van der Waals surface area contributed by atoms with Gasteiger partial charge in [0.1, 0.15) is 4.88 Å². The maximum absolute atomic E-state index is 11.8. The van der Waals surface area contributed by atoms with E-state index in [1.807, 2.05) is 42.0 Å². The van der Waals surface area contributed by atoms with Gasteiger partial charge in [0.05, 0.1) is 23.6 Å². The quantitative estimate of drug-likeness (QED) is 0.471. The zero-order valence-corrected chi connectivity index (χ0v) is 16.1. The first-order chi connectivity index (χ1) is 12.1. The first-order valence-corrected chi connectivity index (χ1v) is 10.3. The number of thiazole rings is 1. The molecule has 0 bridgehead atoms. The van der Waals surface area contributed by atoms with E-state index in [4.69, 9.17) is 4.74 Å². The van der Waals surface area contributed by atoms with E-state index in [-0.39, 0.29) is 12.6 Å². The average molecular weight is 393 g/mol. The van der Waals surface area contributed by atoms with E-state index in [0.29, 0.717) is 4.88 Å². The van der Waals surface area contributed by atoms with E-state index in [1.165, 1.54) is 29.8 Å². The van der Waals surface area contributed by atoms with Gasteiger partial charge >= 0.3 is 5.97 Å². The van der Waals surface area contributed by atoms with Crippen molar-refractivity contribution in [2.24, 2.45) is 0 Å². The summed E-state index contributed by atoms with van der Waals surface area (Å²) in [6, 6.07) is 9.38. The second-order valence-electron chi connectivity index (χ2n) is 5.03. The van der Waals surface area contributed by atoms with Gasteiger partial charge < -0.3 is 15.2 Å². The van der Waals surface area contributed by atoms with Crippen molar-refractivity contribution >= 4 is 51.2 Å². The predicted octanol–water partition coefficient (Wildman–Crippen LogP) is 4.62. The molecule has 130 valence electrons. The van der Waals surface area contributed by atoms with Crippen molar-refractivity contribution in [3.63, 3.8) is 0 Å². The molecule has 0 aliphatic rings. The molecule has 0 amide bonds. The highest BCUT2D eigenvalue weighted by Crippen LogP contribution is 2.39. The number of carbonyl (C=O) groups excluding carboxylic acids is 1. The third kappa shape index (κ3) is 4.04. The molecule has 0 aliphatic heterocycles. The van der Waals surface area contributed by atoms with E-state index in [0.717, 1.165) is 31.8 Å². The van der Waals surface area contributed by atoms with Gasteiger partial charge in [-0.2, -0.15) is 0 Å². The molecule has 0 spiro atoms. The second kappa shape index (κ2) is 8.01. The van der Waals surface area contributed by atoms with Crippen molar-refractivity contribution in [2.75, 3.05) is 18.7 Å². The van der Waals surface area contributed by atoms with Crippen molar-refractivity contribution in [3.05, 3.63) is 46.2 Å². The van der Waals surface area contributed by atoms with Crippen molar-refractivity contribution in [1.29, 1.82) is 0 Å². The van der Waals surface area contributed by atoms with Crippen molar-refractivity contribution in [1.82, 2.24) is 4.98 Å². The van der Waals surface area contributed by atoms with E-state index in [2.05, 4.69) is 10.3 Å². The number of benzene rings is 1. The van der Waals surface area contributed by atoms with Crippen LogP contribution < -0.4 is 5.32 Å². The monoisotopic (exact) mass is 392 g/mol. The maximum atomic E-state index is 11.8. The van der Waals surface area contributed by atoms with Crippen LogP contribution in [0.3, 0.4) is 0 Å². The Labute approximate surface area is 157 Å². The molecule has 0 radical (unpaired) electrons. The Kier molecular flexibility index (Phi) is 5.74. The summed E-state index contributed by atoms with van der Waals surface area (Å²) in [5, 5.41) is 15.2. The smallest absolute Gasteiger partial charge is 0.348 e. The summed E-state index contributed by atoms with van der Waals surface area (Å²) in [5.41, 5.74) is 3.47. The summed E-state index contributed by atoms with van der Waals surface area (Å²) in [6.45, 7) is 0.000924. The highest BCUT2D eigenvalue weighted by molar-refractivity contribution is 8.00. The molecule has 0 fully saturated rings. The Morgan fingerprint density at radius 3 is 2.96 bits per heavy atom. The lowest BCUT2D eigenvalue weighted by atomic mass is 10.2. The number of thioether (sulfide) groups is 1. The summed E-state index contributed by atoms with van der Waals surface area (Å²) in [4.78, 5) is 17.0. The normalized spacial score (nSPS) is 10.7. The number of methoxy groups -OCH3 is 1. The van der Waals surface area contributed by atoms with Crippen LogP contribution in [0.4, 0.5) is 10.8 Å². The van der Waals surface area contributed by atoms with Crippen LogP contribution in [0.1, 0.15) is 15.2 Å². The summed E-state index contributed by atoms with van der Waals surface area (Å²) in [7, 11) is 1.38. The third-order valence-electron chi connectivity index (χ3n) is 3.41. The van der Waals surface area contributed by atoms with Gasteiger partial charge in [0.15, 0.2) is 5.13 Å². The van der Waals surface area contributed by atoms with Gasteiger partial charge in [-0.25, -0.2) is 9.78 Å². The fourth-order valence-corrected chi connectivity index (χ4v) is 4.76. The zero-order chi connectivity index (χ0) is 17.8. The van der Waals surface area contributed by atoms with Crippen molar-refractivity contribution < 1.29 is 14.6 Å². The Morgan fingerprint density at radius 2 is 2.24 bits per heavy atom. The number of aliphatic hydroxyl groups excluding tert-OH is 1. The molecule has 3 rings (SSSR count). The lowest BCUT2D eigenvalue weighted by molar-refractivity contribution is 0.0606. The SMILES string of the molecule is COC(=O)c1cc(-c2csc(Nc3cccc(CO)c3)n2)c(SC)s1. The standard InChI is InChI=1S/C17H16N2O3S3/c1-22-15(21)14-7-12(16(23-2)25-14)13-9-24-17(19-13)18-11-5-3-4-10(6-11)8-20/h3-7,9,20H,8H2,1-2H3,(H,18,19). The zero-order valence-electron chi connectivity index (χ0n) is 13.6. The Balaban J connectivity index is 1.86. The molecule has 2 aromatic heterocycles. The van der Waals surface area contributed by atoms with Gasteiger partial charge in [-0.05, 0) is 30.0 Å². The van der Waals surface area contributed by atoms with Gasteiger partial charge in [0.2, 0.25) is 0 Å². The van der Waals surface area contributed by atoms with E-state index in [1.54, 1.807) is 11.8 Å². The summed E-state index contributed by atoms with van der Waals surface area (Å²) in [5.74, 6) is -0.332. The van der Waals surface area contributed by atoms with E-state index in [9.17, 15) is 9.90 Å². The number of hydrogen-bond acceptors (Lipinski definition) is 8. The number of nitrogens with one attached hydrogen (secondary N) is 1. The van der Waals surface area contributed by atoms with Crippen LogP contribution in [0.5, 0.6) is 0 Å². The minimum atomic E-state index is -0.332. The van der Waals surface area contributed by atoms with Crippen LogP contribution in [0.25, 0.3) is 11.3 Å². The van der Waals surface area contributed by atoms with Crippen LogP contribution in [0.2, 0.25) is 0 Å². The maximum Gasteiger partial charge on any atom is 0.348 e. The number of aromatic nitrogens is 1.